The molecule has 0 amide bonds. The maximum atomic E-state index is 12.0. The summed E-state index contributed by atoms with van der Waals surface area (Å²) in [6, 6.07) is 5.69. The smallest absolute Gasteiger partial charge is 0.340 e. The minimum absolute atomic E-state index is 0.278. The van der Waals surface area contributed by atoms with Crippen molar-refractivity contribution in [3.8, 4) is 0 Å². The van der Waals surface area contributed by atoms with Crippen LogP contribution in [0, 0.1) is 0 Å². The third kappa shape index (κ3) is 3.03. The van der Waals surface area contributed by atoms with E-state index in [1.165, 1.54) is 0 Å². The van der Waals surface area contributed by atoms with E-state index in [0.717, 1.165) is 23.2 Å². The van der Waals surface area contributed by atoms with Crippen molar-refractivity contribution >= 4 is 27.6 Å². The van der Waals surface area contributed by atoms with E-state index < -0.39 is 0 Å². The Balaban J connectivity index is 2.30. The Morgan fingerprint density at radius 3 is 2.83 bits per heavy atom. The van der Waals surface area contributed by atoms with Crippen molar-refractivity contribution < 1.29 is 14.3 Å². The lowest BCUT2D eigenvalue weighted by Crippen LogP contribution is -2.37. The number of anilines is 1. The molecule has 0 aromatic heterocycles. The van der Waals surface area contributed by atoms with Crippen molar-refractivity contribution in [3.05, 3.63) is 28.2 Å². The lowest BCUT2D eigenvalue weighted by molar-refractivity contribution is 0.0526. The van der Waals surface area contributed by atoms with Gasteiger partial charge in [-0.15, -0.1) is 0 Å². The van der Waals surface area contributed by atoms with E-state index in [-0.39, 0.29) is 5.97 Å². The fourth-order valence-corrected chi connectivity index (χ4v) is 2.32. The molecular formula is C13H16BrNO3. The molecule has 18 heavy (non-hydrogen) atoms. The first-order chi connectivity index (χ1) is 8.72. The maximum absolute atomic E-state index is 12.0. The average molecular weight is 314 g/mol. The lowest BCUT2D eigenvalue weighted by atomic mass is 10.1. The third-order valence-corrected chi connectivity index (χ3v) is 3.30. The van der Waals surface area contributed by atoms with Crippen molar-refractivity contribution in [1.82, 2.24) is 0 Å². The van der Waals surface area contributed by atoms with Gasteiger partial charge in [0, 0.05) is 17.6 Å². The molecule has 0 saturated carbocycles. The molecule has 1 fully saturated rings. The molecular weight excluding hydrogens is 298 g/mol. The quantitative estimate of drug-likeness (QED) is 0.804. The van der Waals surface area contributed by atoms with E-state index in [9.17, 15) is 4.79 Å². The zero-order chi connectivity index (χ0) is 13.0. The first kappa shape index (κ1) is 13.4. The van der Waals surface area contributed by atoms with Crippen LogP contribution in [0.1, 0.15) is 17.3 Å². The number of esters is 1. The van der Waals surface area contributed by atoms with Gasteiger partial charge in [0.2, 0.25) is 0 Å². The van der Waals surface area contributed by atoms with Crippen LogP contribution in [-0.2, 0) is 9.47 Å². The Morgan fingerprint density at radius 2 is 2.17 bits per heavy atom. The molecule has 0 atom stereocenters. The molecule has 1 aromatic carbocycles. The fourth-order valence-electron chi connectivity index (χ4n) is 1.96. The number of halogens is 1. The Hall–Kier alpha value is -1.07. The van der Waals surface area contributed by atoms with Gasteiger partial charge in [-0.05, 0) is 25.1 Å². The van der Waals surface area contributed by atoms with Crippen LogP contribution in [0.4, 0.5) is 5.69 Å². The van der Waals surface area contributed by atoms with Crippen molar-refractivity contribution in [1.29, 1.82) is 0 Å². The number of hydrogen-bond donors (Lipinski definition) is 0. The van der Waals surface area contributed by atoms with E-state index in [4.69, 9.17) is 9.47 Å². The van der Waals surface area contributed by atoms with Crippen molar-refractivity contribution in [2.45, 2.75) is 6.92 Å². The molecule has 0 spiro atoms. The zero-order valence-electron chi connectivity index (χ0n) is 10.3. The SMILES string of the molecule is CCOC(=O)c1cc(Br)ccc1N1CCOCC1. The predicted octanol–water partition coefficient (Wildman–Crippen LogP) is 2.46. The van der Waals surface area contributed by atoms with Gasteiger partial charge in [0.1, 0.15) is 0 Å². The van der Waals surface area contributed by atoms with E-state index >= 15 is 0 Å². The molecule has 5 heteroatoms. The van der Waals surface area contributed by atoms with Gasteiger partial charge < -0.3 is 14.4 Å². The van der Waals surface area contributed by atoms with E-state index in [1.54, 1.807) is 0 Å². The second-order valence-corrected chi connectivity index (χ2v) is 4.90. The van der Waals surface area contributed by atoms with Gasteiger partial charge >= 0.3 is 5.97 Å². The highest BCUT2D eigenvalue weighted by Crippen LogP contribution is 2.26. The summed E-state index contributed by atoms with van der Waals surface area (Å²) in [6.07, 6.45) is 0. The summed E-state index contributed by atoms with van der Waals surface area (Å²) in [5, 5.41) is 0. The molecule has 2 rings (SSSR count). The number of rotatable bonds is 3. The number of nitrogens with zero attached hydrogens (tertiary/aromatic N) is 1. The van der Waals surface area contributed by atoms with E-state index in [1.807, 2.05) is 25.1 Å². The van der Waals surface area contributed by atoms with Crippen LogP contribution in [0.25, 0.3) is 0 Å². The summed E-state index contributed by atoms with van der Waals surface area (Å²) in [5.41, 5.74) is 1.52. The van der Waals surface area contributed by atoms with Crippen molar-refractivity contribution in [2.24, 2.45) is 0 Å². The molecule has 0 radical (unpaired) electrons. The van der Waals surface area contributed by atoms with Gasteiger partial charge in [-0.2, -0.15) is 0 Å². The van der Waals surface area contributed by atoms with Gasteiger partial charge in [0.15, 0.2) is 0 Å². The van der Waals surface area contributed by atoms with Crippen LogP contribution in [0.2, 0.25) is 0 Å². The van der Waals surface area contributed by atoms with Crippen LogP contribution in [-0.4, -0.2) is 38.9 Å². The Morgan fingerprint density at radius 1 is 1.44 bits per heavy atom. The third-order valence-electron chi connectivity index (χ3n) is 2.81. The highest BCUT2D eigenvalue weighted by atomic mass is 79.9. The number of hydrogen-bond acceptors (Lipinski definition) is 4. The normalized spacial score (nSPS) is 15.6. The molecule has 98 valence electrons. The largest absolute Gasteiger partial charge is 0.462 e. The van der Waals surface area contributed by atoms with Crippen LogP contribution in [0.5, 0.6) is 0 Å². The summed E-state index contributed by atoms with van der Waals surface area (Å²) in [6.45, 7) is 5.18. The first-order valence-corrected chi connectivity index (χ1v) is 6.81. The standard InChI is InChI=1S/C13H16BrNO3/c1-2-18-13(16)11-9-10(14)3-4-12(11)15-5-7-17-8-6-15/h3-4,9H,2,5-8H2,1H3. The summed E-state index contributed by atoms with van der Waals surface area (Å²) in [4.78, 5) is 14.1. The van der Waals surface area contributed by atoms with Gasteiger partial charge in [-0.3, -0.25) is 0 Å². The number of ether oxygens (including phenoxy) is 2. The molecule has 1 aromatic rings. The molecule has 4 nitrogen and oxygen atoms in total. The summed E-state index contributed by atoms with van der Waals surface area (Å²) < 4.78 is 11.3. The van der Waals surface area contributed by atoms with Gasteiger partial charge in [0.05, 0.1) is 31.1 Å². The van der Waals surface area contributed by atoms with Crippen LogP contribution >= 0.6 is 15.9 Å². The first-order valence-electron chi connectivity index (χ1n) is 6.01. The van der Waals surface area contributed by atoms with E-state index in [2.05, 4.69) is 20.8 Å². The number of carbonyl (C=O) groups is 1. The van der Waals surface area contributed by atoms with Gasteiger partial charge in [-0.1, -0.05) is 15.9 Å². The zero-order valence-corrected chi connectivity index (χ0v) is 11.9. The molecule has 0 aliphatic carbocycles. The molecule has 1 saturated heterocycles. The van der Waals surface area contributed by atoms with Crippen LogP contribution in [0.3, 0.4) is 0 Å². The molecule has 0 unspecified atom stereocenters. The maximum Gasteiger partial charge on any atom is 0.340 e. The highest BCUT2D eigenvalue weighted by Gasteiger charge is 2.19. The van der Waals surface area contributed by atoms with E-state index in [0.29, 0.717) is 25.4 Å². The molecule has 1 heterocycles. The molecule has 1 aliphatic rings. The summed E-state index contributed by atoms with van der Waals surface area (Å²) in [7, 11) is 0. The highest BCUT2D eigenvalue weighted by molar-refractivity contribution is 9.10. The Kier molecular flexibility index (Phi) is 4.60. The molecule has 0 bridgehead atoms. The second-order valence-electron chi connectivity index (χ2n) is 3.98. The minimum Gasteiger partial charge on any atom is -0.462 e. The van der Waals surface area contributed by atoms with Crippen molar-refractivity contribution in [3.63, 3.8) is 0 Å². The fraction of sp³-hybridized carbons (Fsp3) is 0.462. The molecule has 1 aliphatic heterocycles. The summed E-state index contributed by atoms with van der Waals surface area (Å²) >= 11 is 3.39. The van der Waals surface area contributed by atoms with Gasteiger partial charge in [0.25, 0.3) is 0 Å². The average Bonchev–Trinajstić information content (AvgIpc) is 2.40. The monoisotopic (exact) mass is 313 g/mol. The number of benzene rings is 1. The lowest BCUT2D eigenvalue weighted by Gasteiger charge is -2.30. The van der Waals surface area contributed by atoms with Crippen LogP contribution in [0.15, 0.2) is 22.7 Å². The minimum atomic E-state index is -0.278. The Labute approximate surface area is 115 Å². The Bertz CT molecular complexity index is 430. The number of carbonyl (C=O) groups excluding carboxylic acids is 1. The summed E-state index contributed by atoms with van der Waals surface area (Å²) in [5.74, 6) is -0.278. The number of morpholine rings is 1. The van der Waals surface area contributed by atoms with Gasteiger partial charge in [-0.25, -0.2) is 4.79 Å². The molecule has 0 N–H and O–H groups in total. The predicted molar refractivity (Wildman–Crippen MR) is 73.1 cm³/mol. The van der Waals surface area contributed by atoms with Crippen molar-refractivity contribution in [2.75, 3.05) is 37.8 Å². The topological polar surface area (TPSA) is 38.8 Å². The second kappa shape index (κ2) is 6.20. The van der Waals surface area contributed by atoms with Crippen LogP contribution < -0.4 is 4.90 Å².